The molecule has 36 heavy (non-hydrogen) atoms. The van der Waals surface area contributed by atoms with Gasteiger partial charge in [0, 0.05) is 5.56 Å². The van der Waals surface area contributed by atoms with Gasteiger partial charge in [-0.15, -0.1) is 0 Å². The third-order valence-corrected chi connectivity index (χ3v) is 6.72. The van der Waals surface area contributed by atoms with Crippen LogP contribution in [0.15, 0.2) is 63.5 Å². The molecule has 0 saturated heterocycles. The first kappa shape index (κ1) is 25.2. The van der Waals surface area contributed by atoms with Gasteiger partial charge in [-0.2, -0.15) is 0 Å². The van der Waals surface area contributed by atoms with Gasteiger partial charge in [0.1, 0.15) is 5.75 Å². The van der Waals surface area contributed by atoms with E-state index in [0.717, 1.165) is 5.56 Å². The Morgan fingerprint density at radius 2 is 1.78 bits per heavy atom. The highest BCUT2D eigenvalue weighted by Crippen LogP contribution is 2.33. The lowest BCUT2D eigenvalue weighted by atomic mass is 9.96. The molecule has 0 spiro atoms. The summed E-state index contributed by atoms with van der Waals surface area (Å²) in [5, 5.41) is 0. The van der Waals surface area contributed by atoms with Crippen LogP contribution in [0.1, 0.15) is 37.9 Å². The maximum absolute atomic E-state index is 13.8. The van der Waals surface area contributed by atoms with Crippen molar-refractivity contribution in [1.82, 2.24) is 4.57 Å². The van der Waals surface area contributed by atoms with Crippen molar-refractivity contribution in [2.45, 2.75) is 32.9 Å². The van der Waals surface area contributed by atoms with Crippen molar-refractivity contribution in [3.05, 3.63) is 84.5 Å². The maximum Gasteiger partial charge on any atom is 0.338 e. The van der Waals surface area contributed by atoms with Gasteiger partial charge in [0.2, 0.25) is 0 Å². The van der Waals surface area contributed by atoms with Crippen LogP contribution in [-0.4, -0.2) is 38.0 Å². The van der Waals surface area contributed by atoms with Crippen LogP contribution in [0, 0.1) is 0 Å². The molecule has 2 aromatic carbocycles. The van der Waals surface area contributed by atoms with Crippen LogP contribution >= 0.6 is 11.3 Å². The summed E-state index contributed by atoms with van der Waals surface area (Å²) in [5.74, 6) is 1.25. The SMILES string of the molecule is COc1ccc([C@H]2C(C(=O)OC(C)C)=C(C)N=c3s/c(=C/c4cccc(OC)c4OC)c(=O)n32)cc1. The number of methoxy groups -OCH3 is 3. The van der Waals surface area contributed by atoms with Crippen LogP contribution in [0.5, 0.6) is 17.2 Å². The predicted molar refractivity (Wildman–Crippen MR) is 138 cm³/mol. The number of esters is 1. The van der Waals surface area contributed by atoms with E-state index in [-0.39, 0.29) is 11.7 Å². The van der Waals surface area contributed by atoms with Crippen molar-refractivity contribution >= 4 is 23.4 Å². The molecular weight excluding hydrogens is 480 g/mol. The lowest BCUT2D eigenvalue weighted by molar-refractivity contribution is -0.143. The van der Waals surface area contributed by atoms with Gasteiger partial charge in [-0.25, -0.2) is 9.79 Å². The molecule has 1 atom stereocenters. The fourth-order valence-electron chi connectivity index (χ4n) is 4.13. The minimum Gasteiger partial charge on any atom is -0.497 e. The average Bonchev–Trinajstić information content (AvgIpc) is 3.16. The lowest BCUT2D eigenvalue weighted by Crippen LogP contribution is -2.40. The Balaban J connectivity index is 1.95. The summed E-state index contributed by atoms with van der Waals surface area (Å²) >= 11 is 1.25. The quantitative estimate of drug-likeness (QED) is 0.456. The van der Waals surface area contributed by atoms with E-state index in [0.29, 0.717) is 43.4 Å². The number of hydrogen-bond acceptors (Lipinski definition) is 8. The number of allylic oxidation sites excluding steroid dienone is 1. The summed E-state index contributed by atoms with van der Waals surface area (Å²) in [4.78, 5) is 32.1. The molecule has 0 aliphatic carbocycles. The molecule has 4 rings (SSSR count). The number of aromatic nitrogens is 1. The van der Waals surface area contributed by atoms with Crippen LogP contribution in [0.2, 0.25) is 0 Å². The highest BCUT2D eigenvalue weighted by molar-refractivity contribution is 7.07. The van der Waals surface area contributed by atoms with Gasteiger partial charge in [0.05, 0.1) is 49.3 Å². The Morgan fingerprint density at radius 1 is 1.06 bits per heavy atom. The second-order valence-electron chi connectivity index (χ2n) is 8.39. The van der Waals surface area contributed by atoms with E-state index in [9.17, 15) is 9.59 Å². The topological polar surface area (TPSA) is 88.4 Å². The van der Waals surface area contributed by atoms with Gasteiger partial charge in [0.25, 0.3) is 5.56 Å². The molecule has 0 radical (unpaired) electrons. The molecule has 8 nitrogen and oxygen atoms in total. The largest absolute Gasteiger partial charge is 0.497 e. The zero-order chi connectivity index (χ0) is 26.0. The second kappa shape index (κ2) is 10.4. The molecule has 9 heteroatoms. The standard InChI is InChI=1S/C27H28N2O6S/c1-15(2)35-26(31)22-16(3)28-27-29(23(22)17-10-12-19(32-4)13-11-17)25(30)21(36-27)14-18-8-7-9-20(33-5)24(18)34-6/h7-15,23H,1-6H3/b21-14+/t23-/m0/s1. The minimum absolute atomic E-state index is 0.271. The number of fused-ring (bicyclic) bond motifs is 1. The number of para-hydroxylation sites is 1. The second-order valence-corrected chi connectivity index (χ2v) is 9.40. The summed E-state index contributed by atoms with van der Waals surface area (Å²) in [6.07, 6.45) is 1.43. The molecule has 0 fully saturated rings. The van der Waals surface area contributed by atoms with Crippen LogP contribution < -0.4 is 29.1 Å². The molecule has 1 aromatic heterocycles. The first-order chi connectivity index (χ1) is 17.3. The van der Waals surface area contributed by atoms with Crippen molar-refractivity contribution in [1.29, 1.82) is 0 Å². The Bertz CT molecular complexity index is 1500. The first-order valence-electron chi connectivity index (χ1n) is 11.4. The van der Waals surface area contributed by atoms with Crippen molar-refractivity contribution in [3.63, 3.8) is 0 Å². The molecule has 188 valence electrons. The molecule has 1 aliphatic rings. The number of nitrogens with zero attached hydrogens (tertiary/aromatic N) is 2. The lowest BCUT2D eigenvalue weighted by Gasteiger charge is -2.25. The summed E-state index contributed by atoms with van der Waals surface area (Å²) < 4.78 is 23.8. The number of hydrogen-bond donors (Lipinski definition) is 0. The first-order valence-corrected chi connectivity index (χ1v) is 12.2. The number of benzene rings is 2. The van der Waals surface area contributed by atoms with Crippen LogP contribution in [0.25, 0.3) is 6.08 Å². The molecule has 1 aliphatic heterocycles. The number of carbonyl (C=O) groups excluding carboxylic acids is 1. The zero-order valence-corrected chi connectivity index (χ0v) is 21.8. The smallest absolute Gasteiger partial charge is 0.338 e. The van der Waals surface area contributed by atoms with Gasteiger partial charge in [-0.05, 0) is 50.6 Å². The Kier molecular flexibility index (Phi) is 7.30. The van der Waals surface area contributed by atoms with Crippen molar-refractivity contribution < 1.29 is 23.7 Å². The third-order valence-electron chi connectivity index (χ3n) is 5.74. The van der Waals surface area contributed by atoms with Crippen molar-refractivity contribution in [3.8, 4) is 17.2 Å². The van der Waals surface area contributed by atoms with E-state index in [1.807, 2.05) is 24.3 Å². The molecule has 0 N–H and O–H groups in total. The van der Waals surface area contributed by atoms with E-state index < -0.39 is 12.0 Å². The molecule has 0 saturated carbocycles. The Morgan fingerprint density at radius 3 is 2.39 bits per heavy atom. The normalized spacial score (nSPS) is 15.4. The van der Waals surface area contributed by atoms with Gasteiger partial charge in [-0.3, -0.25) is 9.36 Å². The zero-order valence-electron chi connectivity index (χ0n) is 21.0. The van der Waals surface area contributed by atoms with Crippen molar-refractivity contribution in [2.75, 3.05) is 21.3 Å². The van der Waals surface area contributed by atoms with Gasteiger partial charge in [-0.1, -0.05) is 35.6 Å². The number of rotatable bonds is 7. The molecular formula is C27H28N2O6S. The van der Waals surface area contributed by atoms with Crippen LogP contribution in [0.3, 0.4) is 0 Å². The van der Waals surface area contributed by atoms with E-state index in [1.54, 1.807) is 70.9 Å². The van der Waals surface area contributed by atoms with Crippen LogP contribution in [-0.2, 0) is 9.53 Å². The summed E-state index contributed by atoms with van der Waals surface area (Å²) in [6, 6.07) is 12.0. The van der Waals surface area contributed by atoms with Gasteiger partial charge >= 0.3 is 5.97 Å². The Hall–Kier alpha value is -3.85. The molecule has 0 bridgehead atoms. The molecule has 2 heterocycles. The monoisotopic (exact) mass is 508 g/mol. The highest BCUT2D eigenvalue weighted by atomic mass is 32.1. The Labute approximate surface area is 212 Å². The number of ether oxygens (including phenoxy) is 4. The van der Waals surface area contributed by atoms with E-state index in [2.05, 4.69) is 4.99 Å². The fraction of sp³-hybridized carbons (Fsp3) is 0.296. The summed E-state index contributed by atoms with van der Waals surface area (Å²) in [7, 11) is 4.70. The number of carbonyl (C=O) groups is 1. The number of thiazole rings is 1. The molecule has 3 aromatic rings. The van der Waals surface area contributed by atoms with Gasteiger partial charge in [0.15, 0.2) is 16.3 Å². The molecule has 0 amide bonds. The van der Waals surface area contributed by atoms with E-state index >= 15 is 0 Å². The predicted octanol–water partition coefficient (Wildman–Crippen LogP) is 3.21. The fourth-order valence-corrected chi connectivity index (χ4v) is 5.17. The summed E-state index contributed by atoms with van der Waals surface area (Å²) in [6.45, 7) is 5.33. The van der Waals surface area contributed by atoms with Crippen molar-refractivity contribution in [2.24, 2.45) is 4.99 Å². The summed E-state index contributed by atoms with van der Waals surface area (Å²) in [5.41, 5.74) is 2.00. The third kappa shape index (κ3) is 4.66. The van der Waals surface area contributed by atoms with E-state index in [1.165, 1.54) is 11.3 Å². The maximum atomic E-state index is 13.8. The van der Waals surface area contributed by atoms with Crippen LogP contribution in [0.4, 0.5) is 0 Å². The van der Waals surface area contributed by atoms with E-state index in [4.69, 9.17) is 18.9 Å². The van der Waals surface area contributed by atoms with Gasteiger partial charge < -0.3 is 18.9 Å². The molecule has 0 unspecified atom stereocenters. The highest BCUT2D eigenvalue weighted by Gasteiger charge is 2.33. The minimum atomic E-state index is -0.701. The average molecular weight is 509 g/mol.